The average molecular weight is 291 g/mol. The molecule has 90 valence electrons. The highest BCUT2D eigenvalue weighted by Crippen LogP contribution is 2.38. The lowest BCUT2D eigenvalue weighted by Gasteiger charge is -1.97. The summed E-state index contributed by atoms with van der Waals surface area (Å²) in [6.07, 6.45) is 0. The van der Waals surface area contributed by atoms with E-state index >= 15 is 0 Å². The Labute approximate surface area is 119 Å². The SMILES string of the molecule is Cc1ccc(-c2ccc(-c3ccc(Cl)s3)s2)cc1. The largest absolute Gasteiger partial charge is 0.134 e. The summed E-state index contributed by atoms with van der Waals surface area (Å²) in [4.78, 5) is 3.82. The molecule has 3 rings (SSSR count). The van der Waals surface area contributed by atoms with Crippen LogP contribution in [0.25, 0.3) is 20.2 Å². The lowest BCUT2D eigenvalue weighted by Crippen LogP contribution is -1.72. The van der Waals surface area contributed by atoms with Crippen molar-refractivity contribution in [3.8, 4) is 20.2 Å². The van der Waals surface area contributed by atoms with Crippen LogP contribution >= 0.6 is 34.3 Å². The van der Waals surface area contributed by atoms with E-state index in [0.29, 0.717) is 0 Å². The quantitative estimate of drug-likeness (QED) is 0.534. The van der Waals surface area contributed by atoms with Gasteiger partial charge in [-0.3, -0.25) is 0 Å². The first-order valence-electron chi connectivity index (χ1n) is 5.65. The van der Waals surface area contributed by atoms with Gasteiger partial charge in [0.2, 0.25) is 0 Å². The second-order valence-corrected chi connectivity index (χ2v) is 6.93. The number of hydrogen-bond acceptors (Lipinski definition) is 2. The first kappa shape index (κ1) is 12.0. The summed E-state index contributed by atoms with van der Waals surface area (Å²) in [6.45, 7) is 2.11. The van der Waals surface area contributed by atoms with Crippen LogP contribution in [0, 0.1) is 6.92 Å². The fraction of sp³-hybridized carbons (Fsp3) is 0.0667. The van der Waals surface area contributed by atoms with E-state index in [1.807, 2.05) is 17.4 Å². The molecule has 0 aliphatic heterocycles. The monoisotopic (exact) mass is 290 g/mol. The van der Waals surface area contributed by atoms with Gasteiger partial charge in [-0.1, -0.05) is 41.4 Å². The maximum atomic E-state index is 5.97. The van der Waals surface area contributed by atoms with Crippen LogP contribution in [0.1, 0.15) is 5.56 Å². The van der Waals surface area contributed by atoms with E-state index < -0.39 is 0 Å². The molecule has 0 N–H and O–H groups in total. The van der Waals surface area contributed by atoms with Crippen molar-refractivity contribution in [3.63, 3.8) is 0 Å². The van der Waals surface area contributed by atoms with Gasteiger partial charge >= 0.3 is 0 Å². The second kappa shape index (κ2) is 4.88. The molecule has 0 saturated carbocycles. The molecule has 1 aromatic carbocycles. The number of aryl methyl sites for hydroxylation is 1. The van der Waals surface area contributed by atoms with E-state index in [1.165, 1.54) is 25.8 Å². The maximum absolute atomic E-state index is 5.97. The van der Waals surface area contributed by atoms with Gasteiger partial charge in [0.05, 0.1) is 4.34 Å². The summed E-state index contributed by atoms with van der Waals surface area (Å²) in [5, 5.41) is 0. The first-order valence-corrected chi connectivity index (χ1v) is 7.66. The number of halogens is 1. The van der Waals surface area contributed by atoms with Gasteiger partial charge in [-0.25, -0.2) is 0 Å². The molecule has 0 spiro atoms. The minimum atomic E-state index is 0.843. The molecule has 3 heteroatoms. The van der Waals surface area contributed by atoms with E-state index in [-0.39, 0.29) is 0 Å². The summed E-state index contributed by atoms with van der Waals surface area (Å²) in [5.74, 6) is 0. The van der Waals surface area contributed by atoms with Gasteiger partial charge < -0.3 is 0 Å². The third-order valence-electron chi connectivity index (χ3n) is 2.76. The molecule has 2 heterocycles. The lowest BCUT2D eigenvalue weighted by molar-refractivity contribution is 1.48. The van der Waals surface area contributed by atoms with Crippen molar-refractivity contribution < 1.29 is 0 Å². The minimum absolute atomic E-state index is 0.843. The molecule has 0 nitrogen and oxygen atoms in total. The fourth-order valence-corrected chi connectivity index (χ4v) is 3.93. The van der Waals surface area contributed by atoms with E-state index in [2.05, 4.69) is 49.4 Å². The van der Waals surface area contributed by atoms with Gasteiger partial charge in [0.15, 0.2) is 0 Å². The molecule has 3 aromatic rings. The Kier molecular flexibility index (Phi) is 3.25. The van der Waals surface area contributed by atoms with E-state index in [9.17, 15) is 0 Å². The van der Waals surface area contributed by atoms with Crippen LogP contribution < -0.4 is 0 Å². The van der Waals surface area contributed by atoms with Crippen LogP contribution in [-0.4, -0.2) is 0 Å². The molecule has 0 amide bonds. The average Bonchev–Trinajstić information content (AvgIpc) is 2.98. The Balaban J connectivity index is 1.96. The Morgan fingerprint density at radius 1 is 0.722 bits per heavy atom. The van der Waals surface area contributed by atoms with Crippen molar-refractivity contribution in [2.75, 3.05) is 0 Å². The number of rotatable bonds is 2. The minimum Gasteiger partial charge on any atom is -0.134 e. The highest BCUT2D eigenvalue weighted by atomic mass is 35.5. The highest BCUT2D eigenvalue weighted by molar-refractivity contribution is 7.25. The maximum Gasteiger partial charge on any atom is 0.0935 e. The van der Waals surface area contributed by atoms with E-state index in [1.54, 1.807) is 11.3 Å². The standard InChI is InChI=1S/C15H11ClS2/c1-10-2-4-11(5-3-10)12-6-7-13(17-12)14-8-9-15(16)18-14/h2-9H,1H3. The van der Waals surface area contributed by atoms with Crippen LogP contribution in [0.15, 0.2) is 48.5 Å². The summed E-state index contributed by atoms with van der Waals surface area (Å²) in [7, 11) is 0. The van der Waals surface area contributed by atoms with Gasteiger partial charge in [0.25, 0.3) is 0 Å². The van der Waals surface area contributed by atoms with Crippen LogP contribution in [0.2, 0.25) is 4.34 Å². The predicted octanol–water partition coefficient (Wildman–Crippen LogP) is 6.11. The molecule has 0 fully saturated rings. The Morgan fingerprint density at radius 2 is 1.33 bits per heavy atom. The van der Waals surface area contributed by atoms with Crippen molar-refractivity contribution in [2.45, 2.75) is 6.92 Å². The molecule has 0 saturated heterocycles. The van der Waals surface area contributed by atoms with Gasteiger partial charge in [-0.2, -0.15) is 0 Å². The Morgan fingerprint density at radius 3 is 2.00 bits per heavy atom. The van der Waals surface area contributed by atoms with Crippen molar-refractivity contribution in [1.29, 1.82) is 0 Å². The summed E-state index contributed by atoms with van der Waals surface area (Å²) in [5.41, 5.74) is 2.57. The third-order valence-corrected chi connectivity index (χ3v) is 5.32. The zero-order valence-electron chi connectivity index (χ0n) is 9.81. The lowest BCUT2D eigenvalue weighted by atomic mass is 10.1. The zero-order valence-corrected chi connectivity index (χ0v) is 12.2. The number of benzene rings is 1. The van der Waals surface area contributed by atoms with E-state index in [4.69, 9.17) is 11.6 Å². The molecule has 0 aliphatic carbocycles. The van der Waals surface area contributed by atoms with Crippen LogP contribution in [0.4, 0.5) is 0 Å². The van der Waals surface area contributed by atoms with Crippen molar-refractivity contribution in [3.05, 3.63) is 58.4 Å². The van der Waals surface area contributed by atoms with Crippen LogP contribution in [-0.2, 0) is 0 Å². The van der Waals surface area contributed by atoms with Crippen molar-refractivity contribution in [1.82, 2.24) is 0 Å². The highest BCUT2D eigenvalue weighted by Gasteiger charge is 2.06. The van der Waals surface area contributed by atoms with Gasteiger partial charge in [-0.15, -0.1) is 22.7 Å². The molecular formula is C15H11ClS2. The van der Waals surface area contributed by atoms with Gasteiger partial charge in [0.1, 0.15) is 0 Å². The molecule has 0 atom stereocenters. The summed E-state index contributed by atoms with van der Waals surface area (Å²) < 4.78 is 0.843. The van der Waals surface area contributed by atoms with Crippen molar-refractivity contribution >= 4 is 34.3 Å². The van der Waals surface area contributed by atoms with Crippen molar-refractivity contribution in [2.24, 2.45) is 0 Å². The molecule has 2 aromatic heterocycles. The normalized spacial score (nSPS) is 10.8. The Hall–Kier alpha value is -1.09. The summed E-state index contributed by atoms with van der Waals surface area (Å²) in [6, 6.07) is 17.0. The summed E-state index contributed by atoms with van der Waals surface area (Å²) >= 11 is 9.41. The molecular weight excluding hydrogens is 280 g/mol. The number of thiophene rings is 2. The zero-order chi connectivity index (χ0) is 12.5. The predicted molar refractivity (Wildman–Crippen MR) is 82.8 cm³/mol. The molecule has 0 radical (unpaired) electrons. The van der Waals surface area contributed by atoms with Gasteiger partial charge in [-0.05, 0) is 36.8 Å². The smallest absolute Gasteiger partial charge is 0.0935 e. The molecule has 0 unspecified atom stereocenters. The topological polar surface area (TPSA) is 0 Å². The fourth-order valence-electron chi connectivity index (χ4n) is 1.79. The second-order valence-electron chi connectivity index (χ2n) is 4.13. The molecule has 0 bridgehead atoms. The Bertz CT molecular complexity index is 662. The molecule has 0 aliphatic rings. The van der Waals surface area contributed by atoms with Crippen LogP contribution in [0.3, 0.4) is 0 Å². The first-order chi connectivity index (χ1) is 8.72. The van der Waals surface area contributed by atoms with Crippen LogP contribution in [0.5, 0.6) is 0 Å². The number of hydrogen-bond donors (Lipinski definition) is 0. The van der Waals surface area contributed by atoms with Gasteiger partial charge in [0, 0.05) is 14.6 Å². The third kappa shape index (κ3) is 2.37. The molecule has 18 heavy (non-hydrogen) atoms. The van der Waals surface area contributed by atoms with E-state index in [0.717, 1.165) is 4.34 Å².